The molecule has 0 amide bonds. The Morgan fingerprint density at radius 3 is 3.24 bits per heavy atom. The summed E-state index contributed by atoms with van der Waals surface area (Å²) < 4.78 is 1.83. The summed E-state index contributed by atoms with van der Waals surface area (Å²) in [5.41, 5.74) is 0. The van der Waals surface area contributed by atoms with Gasteiger partial charge in [-0.15, -0.1) is 11.6 Å². The Labute approximate surface area is 112 Å². The van der Waals surface area contributed by atoms with Gasteiger partial charge in [-0.05, 0) is 12.3 Å². The number of alkyl halides is 1. The Hall–Kier alpha value is -0.720. The fourth-order valence-electron chi connectivity index (χ4n) is 1.33. The second-order valence-corrected chi connectivity index (χ2v) is 5.89. The lowest BCUT2D eigenvalue weighted by molar-refractivity contribution is -0.107. The number of fused-ring (bicyclic) bond motifs is 1. The molecule has 0 fully saturated rings. The van der Waals surface area contributed by atoms with Crippen molar-refractivity contribution < 1.29 is 4.79 Å². The van der Waals surface area contributed by atoms with Crippen molar-refractivity contribution in [3.8, 4) is 0 Å². The first-order valence-electron chi connectivity index (χ1n) is 4.95. The molecule has 1 atom stereocenters. The van der Waals surface area contributed by atoms with Crippen LogP contribution in [0.5, 0.6) is 0 Å². The monoisotopic (exact) mass is 287 g/mol. The van der Waals surface area contributed by atoms with E-state index in [0.29, 0.717) is 25.1 Å². The number of nitrogens with zero attached hydrogens (tertiary/aromatic N) is 3. The Morgan fingerprint density at radius 1 is 1.71 bits per heavy atom. The number of amidine groups is 1. The van der Waals surface area contributed by atoms with Crippen LogP contribution in [-0.2, 0) is 4.79 Å². The van der Waals surface area contributed by atoms with Crippen LogP contribution in [0.2, 0.25) is 0 Å². The minimum Gasteiger partial charge on any atom is -0.302 e. The smallest absolute Gasteiger partial charge is 0.152 e. The number of thioether (sulfide) groups is 1. The van der Waals surface area contributed by atoms with Crippen LogP contribution in [0.3, 0.4) is 0 Å². The van der Waals surface area contributed by atoms with Crippen LogP contribution in [0.25, 0.3) is 6.08 Å². The van der Waals surface area contributed by atoms with Crippen LogP contribution in [-0.4, -0.2) is 35.3 Å². The number of carbonyl (C=O) groups is 1. The molecule has 0 spiro atoms. The maximum Gasteiger partial charge on any atom is 0.152 e. The Morgan fingerprint density at radius 2 is 2.53 bits per heavy atom. The summed E-state index contributed by atoms with van der Waals surface area (Å²) in [7, 11) is 0. The molecule has 0 aliphatic carbocycles. The maximum absolute atomic E-state index is 10.5. The molecule has 0 saturated heterocycles. The summed E-state index contributed by atoms with van der Waals surface area (Å²) in [6.07, 6.45) is 4.99. The second-order valence-electron chi connectivity index (χ2n) is 3.30. The van der Waals surface area contributed by atoms with Crippen molar-refractivity contribution in [3.63, 3.8) is 0 Å². The highest BCUT2D eigenvalue weighted by atomic mass is 35.5. The summed E-state index contributed by atoms with van der Waals surface area (Å²) in [6.45, 7) is 0.534. The van der Waals surface area contributed by atoms with Crippen molar-refractivity contribution in [1.29, 1.82) is 0 Å². The van der Waals surface area contributed by atoms with Crippen LogP contribution >= 0.6 is 34.7 Å². The molecule has 0 N–H and O–H groups in total. The summed E-state index contributed by atoms with van der Waals surface area (Å²) in [6, 6.07) is 0. The first-order valence-corrected chi connectivity index (χ1v) is 7.43. The highest BCUT2D eigenvalue weighted by Gasteiger charge is 2.10. The van der Waals surface area contributed by atoms with E-state index in [2.05, 4.69) is 15.0 Å². The average molecular weight is 288 g/mol. The molecule has 1 aliphatic rings. The van der Waals surface area contributed by atoms with Crippen LogP contribution < -0.4 is 10.0 Å². The number of hydrogen-bond acceptors (Lipinski definition) is 6. The number of rotatable bonds is 4. The zero-order valence-electron chi connectivity index (χ0n) is 9.09. The molecule has 2 rings (SSSR count). The van der Waals surface area contributed by atoms with Gasteiger partial charge in [-0.2, -0.15) is 0 Å². The van der Waals surface area contributed by atoms with Gasteiger partial charge in [-0.25, -0.2) is 9.98 Å². The fraction of sp³-hybridized carbons (Fsp3) is 0.400. The van der Waals surface area contributed by atoms with Crippen molar-refractivity contribution >= 4 is 52.9 Å². The normalized spacial score (nSPS) is 16.0. The predicted octanol–water partition coefficient (Wildman–Crippen LogP) is 0.874. The minimum atomic E-state index is -0.563. The van der Waals surface area contributed by atoms with Gasteiger partial charge in [0.15, 0.2) is 4.34 Å². The third kappa shape index (κ3) is 3.14. The van der Waals surface area contributed by atoms with Crippen LogP contribution in [0.1, 0.15) is 6.42 Å². The minimum absolute atomic E-state index is 0.366. The van der Waals surface area contributed by atoms with Gasteiger partial charge in [0.25, 0.3) is 0 Å². The largest absolute Gasteiger partial charge is 0.302 e. The summed E-state index contributed by atoms with van der Waals surface area (Å²) in [4.78, 5) is 23.6. The van der Waals surface area contributed by atoms with Crippen molar-refractivity contribution in [1.82, 2.24) is 4.98 Å². The molecule has 1 aromatic heterocycles. The molecule has 4 nitrogen and oxygen atoms in total. The third-order valence-electron chi connectivity index (χ3n) is 2.10. The molecule has 1 aliphatic heterocycles. The maximum atomic E-state index is 10.5. The number of hydrogen-bond donors (Lipinski definition) is 0. The summed E-state index contributed by atoms with van der Waals surface area (Å²) in [5, 5.41) is 0.308. The lowest BCUT2D eigenvalue weighted by Gasteiger charge is -1.99. The van der Waals surface area contributed by atoms with Crippen LogP contribution in [0, 0.1) is 0 Å². The van der Waals surface area contributed by atoms with Gasteiger partial charge in [0.1, 0.15) is 16.8 Å². The van der Waals surface area contributed by atoms with Crippen LogP contribution in [0.4, 0.5) is 0 Å². The molecule has 90 valence electrons. The van der Waals surface area contributed by atoms with E-state index in [9.17, 15) is 4.79 Å². The van der Waals surface area contributed by atoms with Gasteiger partial charge in [0.2, 0.25) is 0 Å². The van der Waals surface area contributed by atoms with Gasteiger partial charge < -0.3 is 4.79 Å². The number of aromatic nitrogens is 1. The molecule has 2 heterocycles. The Balaban J connectivity index is 2.33. The molecule has 17 heavy (non-hydrogen) atoms. The molecule has 7 heteroatoms. The van der Waals surface area contributed by atoms with Crippen molar-refractivity contribution in [2.45, 2.75) is 16.1 Å². The van der Waals surface area contributed by atoms with Crippen molar-refractivity contribution in [2.24, 2.45) is 9.98 Å². The second kappa shape index (κ2) is 5.75. The van der Waals surface area contributed by atoms with E-state index in [1.165, 1.54) is 11.3 Å². The molecule has 0 bridgehead atoms. The SMILES string of the molecule is CSc1nc2c(s1)=NC(CC(Cl)C=O)=NCC=2. The zero-order chi connectivity index (χ0) is 12.3. The molecule has 1 unspecified atom stereocenters. The topological polar surface area (TPSA) is 54.7 Å². The van der Waals surface area contributed by atoms with Crippen molar-refractivity contribution in [3.05, 3.63) is 10.0 Å². The van der Waals surface area contributed by atoms with E-state index < -0.39 is 5.38 Å². The number of thiazole rings is 1. The molecular formula is C10H10ClN3OS2. The van der Waals surface area contributed by atoms with Gasteiger partial charge in [-0.3, -0.25) is 4.99 Å². The van der Waals surface area contributed by atoms with E-state index in [1.807, 2.05) is 12.3 Å². The first-order chi connectivity index (χ1) is 8.22. The quantitative estimate of drug-likeness (QED) is 0.469. The molecule has 0 aromatic carbocycles. The molecule has 1 aromatic rings. The standard InChI is InChI=1S/C10H10ClN3OS2/c1-16-10-13-7-2-3-12-8(4-6(11)5-15)14-9(7)17-10/h2,5-6H,3-4H2,1H3. The van der Waals surface area contributed by atoms with Crippen LogP contribution in [0.15, 0.2) is 14.3 Å². The number of halogens is 1. The number of aliphatic imine (C=N–C) groups is 1. The number of aldehydes is 1. The highest BCUT2D eigenvalue weighted by molar-refractivity contribution is 8.00. The average Bonchev–Trinajstić information content (AvgIpc) is 2.62. The Bertz CT molecular complexity index is 567. The van der Waals surface area contributed by atoms with E-state index >= 15 is 0 Å². The van der Waals surface area contributed by atoms with E-state index in [1.54, 1.807) is 11.8 Å². The highest BCUT2D eigenvalue weighted by Crippen LogP contribution is 2.12. The fourth-order valence-corrected chi connectivity index (χ4v) is 2.92. The summed E-state index contributed by atoms with van der Waals surface area (Å²) >= 11 is 8.90. The first kappa shape index (κ1) is 12.7. The van der Waals surface area contributed by atoms with Gasteiger partial charge >= 0.3 is 0 Å². The van der Waals surface area contributed by atoms with E-state index in [0.717, 1.165) is 14.4 Å². The predicted molar refractivity (Wildman–Crippen MR) is 71.8 cm³/mol. The molecule has 0 radical (unpaired) electrons. The van der Waals surface area contributed by atoms with Gasteiger partial charge in [-0.1, -0.05) is 23.1 Å². The third-order valence-corrected chi connectivity index (χ3v) is 4.31. The summed E-state index contributed by atoms with van der Waals surface area (Å²) in [5.74, 6) is 0.614. The lowest BCUT2D eigenvalue weighted by atomic mass is 10.3. The Kier molecular flexibility index (Phi) is 4.31. The molecular weight excluding hydrogens is 278 g/mol. The zero-order valence-corrected chi connectivity index (χ0v) is 11.5. The van der Waals surface area contributed by atoms with Gasteiger partial charge in [0.05, 0.1) is 17.3 Å². The molecule has 0 saturated carbocycles. The number of carbonyl (C=O) groups excluding carboxylic acids is 1. The van der Waals surface area contributed by atoms with E-state index in [4.69, 9.17) is 11.6 Å². The van der Waals surface area contributed by atoms with Gasteiger partial charge in [0, 0.05) is 6.42 Å². The van der Waals surface area contributed by atoms with Crippen molar-refractivity contribution in [2.75, 3.05) is 12.8 Å². The lowest BCUT2D eigenvalue weighted by Crippen LogP contribution is -2.22. The van der Waals surface area contributed by atoms with E-state index in [-0.39, 0.29) is 0 Å².